The van der Waals surface area contributed by atoms with Gasteiger partial charge in [-0.25, -0.2) is 0 Å². The first kappa shape index (κ1) is 11.0. The molecule has 0 saturated heterocycles. The summed E-state index contributed by atoms with van der Waals surface area (Å²) >= 11 is 0. The predicted octanol–water partition coefficient (Wildman–Crippen LogP) is 3.57. The topological polar surface area (TPSA) is 26.3 Å². The lowest BCUT2D eigenvalue weighted by Crippen LogP contribution is -2.15. The smallest absolute Gasteiger partial charge is 0.150 e. The number of hydrogen-bond donors (Lipinski definition) is 0. The second-order valence-corrected chi connectivity index (χ2v) is 4.54. The quantitative estimate of drug-likeness (QED) is 0.748. The highest BCUT2D eigenvalue weighted by molar-refractivity contribution is 5.75. The molecule has 1 aliphatic heterocycles. The number of carbonyl (C=O) groups is 1. The van der Waals surface area contributed by atoms with E-state index in [1.807, 2.05) is 30.3 Å². The number of aryl methyl sites for hydroxylation is 1. The van der Waals surface area contributed by atoms with Crippen molar-refractivity contribution in [3.8, 4) is 5.75 Å². The van der Waals surface area contributed by atoms with Crippen LogP contribution in [0, 0.1) is 0 Å². The van der Waals surface area contributed by atoms with Gasteiger partial charge in [-0.3, -0.25) is 4.79 Å². The Morgan fingerprint density at radius 1 is 1.11 bits per heavy atom. The molecule has 0 saturated carbocycles. The van der Waals surface area contributed by atoms with Crippen LogP contribution in [0.1, 0.15) is 34.0 Å². The van der Waals surface area contributed by atoms with Gasteiger partial charge in [0, 0.05) is 5.56 Å². The summed E-state index contributed by atoms with van der Waals surface area (Å²) in [6, 6.07) is 15.9. The fourth-order valence-electron chi connectivity index (χ4n) is 2.38. The van der Waals surface area contributed by atoms with Crippen LogP contribution in [-0.4, -0.2) is 6.29 Å². The molecule has 1 heterocycles. The minimum absolute atomic E-state index is 0.126. The van der Waals surface area contributed by atoms with E-state index in [1.54, 1.807) is 6.07 Å². The second kappa shape index (κ2) is 4.65. The van der Waals surface area contributed by atoms with E-state index in [2.05, 4.69) is 12.1 Å². The highest BCUT2D eigenvalue weighted by Crippen LogP contribution is 2.34. The molecule has 0 amide bonds. The highest BCUT2D eigenvalue weighted by atomic mass is 16.5. The third kappa shape index (κ3) is 2.02. The SMILES string of the molecule is O=Cc1ccc2c(c1)CC[C@H](c1ccccc1)O2. The Kier molecular flexibility index (Phi) is 2.85. The summed E-state index contributed by atoms with van der Waals surface area (Å²) in [6.07, 6.45) is 2.92. The summed E-state index contributed by atoms with van der Waals surface area (Å²) in [5, 5.41) is 0. The molecule has 2 aromatic carbocycles. The van der Waals surface area contributed by atoms with Gasteiger partial charge in [-0.2, -0.15) is 0 Å². The van der Waals surface area contributed by atoms with Gasteiger partial charge in [0.1, 0.15) is 18.1 Å². The summed E-state index contributed by atoms with van der Waals surface area (Å²) in [7, 11) is 0. The number of ether oxygens (including phenoxy) is 1. The number of hydrogen-bond acceptors (Lipinski definition) is 2. The number of benzene rings is 2. The van der Waals surface area contributed by atoms with Gasteiger partial charge in [-0.1, -0.05) is 30.3 Å². The Morgan fingerprint density at radius 3 is 2.72 bits per heavy atom. The van der Waals surface area contributed by atoms with E-state index in [0.717, 1.165) is 36.0 Å². The maximum Gasteiger partial charge on any atom is 0.150 e. The number of fused-ring (bicyclic) bond motifs is 1. The molecule has 1 aliphatic rings. The monoisotopic (exact) mass is 238 g/mol. The highest BCUT2D eigenvalue weighted by Gasteiger charge is 2.21. The van der Waals surface area contributed by atoms with Crippen LogP contribution in [0.15, 0.2) is 48.5 Å². The Hall–Kier alpha value is -2.09. The van der Waals surface area contributed by atoms with Crippen molar-refractivity contribution in [3.05, 3.63) is 65.2 Å². The maximum atomic E-state index is 10.7. The van der Waals surface area contributed by atoms with Crippen LogP contribution >= 0.6 is 0 Å². The largest absolute Gasteiger partial charge is 0.485 e. The molecule has 0 aliphatic carbocycles. The summed E-state index contributed by atoms with van der Waals surface area (Å²) in [5.41, 5.74) is 3.06. The zero-order valence-corrected chi connectivity index (χ0v) is 10.0. The average Bonchev–Trinajstić information content (AvgIpc) is 2.47. The van der Waals surface area contributed by atoms with Gasteiger partial charge < -0.3 is 4.74 Å². The molecule has 2 nitrogen and oxygen atoms in total. The minimum atomic E-state index is 0.126. The lowest BCUT2D eigenvalue weighted by Gasteiger charge is -2.26. The Labute approximate surface area is 106 Å². The minimum Gasteiger partial charge on any atom is -0.485 e. The third-order valence-corrected chi connectivity index (χ3v) is 3.34. The van der Waals surface area contributed by atoms with Crippen molar-refractivity contribution in [3.63, 3.8) is 0 Å². The first-order valence-electron chi connectivity index (χ1n) is 6.16. The Balaban J connectivity index is 1.88. The standard InChI is InChI=1S/C16H14O2/c17-11-12-6-8-16-14(10-12)7-9-15(18-16)13-4-2-1-3-5-13/h1-6,8,10-11,15H,7,9H2/t15-/m1/s1. The predicted molar refractivity (Wildman–Crippen MR) is 70.0 cm³/mol. The summed E-state index contributed by atoms with van der Waals surface area (Å²) in [5.74, 6) is 0.903. The summed E-state index contributed by atoms with van der Waals surface area (Å²) < 4.78 is 6.00. The van der Waals surface area contributed by atoms with E-state index in [4.69, 9.17) is 4.74 Å². The van der Waals surface area contributed by atoms with Gasteiger partial charge in [0.05, 0.1) is 0 Å². The summed E-state index contributed by atoms with van der Waals surface area (Å²) in [6.45, 7) is 0. The Bertz CT molecular complexity index is 561. The van der Waals surface area contributed by atoms with E-state index in [-0.39, 0.29) is 6.10 Å². The molecule has 0 fully saturated rings. The molecule has 2 aromatic rings. The van der Waals surface area contributed by atoms with Crippen LogP contribution in [0.3, 0.4) is 0 Å². The lowest BCUT2D eigenvalue weighted by atomic mass is 9.96. The van der Waals surface area contributed by atoms with Gasteiger partial charge in [-0.15, -0.1) is 0 Å². The van der Waals surface area contributed by atoms with Gasteiger partial charge in [0.25, 0.3) is 0 Å². The molecule has 90 valence electrons. The van der Waals surface area contributed by atoms with Crippen LogP contribution in [-0.2, 0) is 6.42 Å². The lowest BCUT2D eigenvalue weighted by molar-refractivity contribution is 0.112. The third-order valence-electron chi connectivity index (χ3n) is 3.34. The molecular weight excluding hydrogens is 224 g/mol. The van der Waals surface area contributed by atoms with Gasteiger partial charge in [0.2, 0.25) is 0 Å². The fraction of sp³-hybridized carbons (Fsp3) is 0.188. The van der Waals surface area contributed by atoms with E-state index in [0.29, 0.717) is 0 Å². The molecule has 0 bridgehead atoms. The van der Waals surface area contributed by atoms with E-state index >= 15 is 0 Å². The molecule has 3 rings (SSSR count). The molecule has 0 radical (unpaired) electrons. The molecule has 0 aromatic heterocycles. The van der Waals surface area contributed by atoms with E-state index in [1.165, 1.54) is 5.56 Å². The van der Waals surface area contributed by atoms with Crippen molar-refractivity contribution in [1.29, 1.82) is 0 Å². The molecule has 0 N–H and O–H groups in total. The number of rotatable bonds is 2. The van der Waals surface area contributed by atoms with Crippen molar-refractivity contribution >= 4 is 6.29 Å². The van der Waals surface area contributed by atoms with Crippen LogP contribution in [0.25, 0.3) is 0 Å². The Morgan fingerprint density at radius 2 is 1.94 bits per heavy atom. The normalized spacial score (nSPS) is 17.7. The summed E-state index contributed by atoms with van der Waals surface area (Å²) in [4.78, 5) is 10.7. The van der Waals surface area contributed by atoms with Crippen molar-refractivity contribution in [2.24, 2.45) is 0 Å². The van der Waals surface area contributed by atoms with Gasteiger partial charge >= 0.3 is 0 Å². The fourth-order valence-corrected chi connectivity index (χ4v) is 2.38. The van der Waals surface area contributed by atoms with E-state index < -0.39 is 0 Å². The molecule has 0 spiro atoms. The number of aldehydes is 1. The van der Waals surface area contributed by atoms with Gasteiger partial charge in [-0.05, 0) is 42.2 Å². The van der Waals surface area contributed by atoms with Crippen molar-refractivity contribution in [1.82, 2.24) is 0 Å². The van der Waals surface area contributed by atoms with Crippen LogP contribution < -0.4 is 4.74 Å². The zero-order valence-electron chi connectivity index (χ0n) is 10.0. The zero-order chi connectivity index (χ0) is 12.4. The van der Waals surface area contributed by atoms with Gasteiger partial charge in [0.15, 0.2) is 0 Å². The average molecular weight is 238 g/mol. The molecule has 2 heteroatoms. The molecule has 0 unspecified atom stereocenters. The molecule has 1 atom stereocenters. The van der Waals surface area contributed by atoms with Crippen molar-refractivity contribution in [2.45, 2.75) is 18.9 Å². The van der Waals surface area contributed by atoms with Crippen LogP contribution in [0.4, 0.5) is 0 Å². The number of carbonyl (C=O) groups excluding carboxylic acids is 1. The first-order chi connectivity index (χ1) is 8.86. The van der Waals surface area contributed by atoms with Crippen LogP contribution in [0.5, 0.6) is 5.75 Å². The first-order valence-corrected chi connectivity index (χ1v) is 6.16. The maximum absolute atomic E-state index is 10.7. The van der Waals surface area contributed by atoms with Crippen LogP contribution in [0.2, 0.25) is 0 Å². The van der Waals surface area contributed by atoms with Crippen molar-refractivity contribution in [2.75, 3.05) is 0 Å². The van der Waals surface area contributed by atoms with Crippen molar-refractivity contribution < 1.29 is 9.53 Å². The second-order valence-electron chi connectivity index (χ2n) is 4.54. The molecule has 18 heavy (non-hydrogen) atoms. The van der Waals surface area contributed by atoms with E-state index in [9.17, 15) is 4.79 Å². The molecular formula is C16H14O2.